The molecule has 0 saturated carbocycles. The average Bonchev–Trinajstić information content (AvgIpc) is 3.32. The van der Waals surface area contributed by atoms with E-state index in [0.29, 0.717) is 13.1 Å². The van der Waals surface area contributed by atoms with Crippen molar-refractivity contribution in [1.82, 2.24) is 25.4 Å². The third-order valence-electron chi connectivity index (χ3n) is 5.16. The Morgan fingerprint density at radius 1 is 1.25 bits per heavy atom. The molecule has 9 heteroatoms. The molecule has 3 aromatic rings. The van der Waals surface area contributed by atoms with E-state index in [1.807, 2.05) is 19.1 Å². The molecule has 0 spiro atoms. The lowest BCUT2D eigenvalue weighted by Gasteiger charge is -2.38. The number of benzene rings is 2. The number of aromatic nitrogens is 3. The first-order valence-corrected chi connectivity index (χ1v) is 10.5. The topological polar surface area (TPSA) is 78.4 Å². The average molecular weight is 550 g/mol. The van der Waals surface area contributed by atoms with Gasteiger partial charge in [-0.25, -0.2) is 14.4 Å². The van der Waals surface area contributed by atoms with Crippen molar-refractivity contribution >= 4 is 29.9 Å². The number of aromatic amines is 1. The van der Waals surface area contributed by atoms with Crippen LogP contribution in [0.1, 0.15) is 31.1 Å². The predicted molar refractivity (Wildman–Crippen MR) is 133 cm³/mol. The van der Waals surface area contributed by atoms with Crippen LogP contribution in [0.4, 0.5) is 4.39 Å². The third kappa shape index (κ3) is 6.04. The molecule has 2 N–H and O–H groups in total. The third-order valence-corrected chi connectivity index (χ3v) is 5.16. The van der Waals surface area contributed by atoms with Crippen molar-refractivity contribution in [3.05, 3.63) is 71.8 Å². The summed E-state index contributed by atoms with van der Waals surface area (Å²) < 4.78 is 19.5. The van der Waals surface area contributed by atoms with Crippen molar-refractivity contribution in [2.24, 2.45) is 4.99 Å². The van der Waals surface area contributed by atoms with E-state index in [-0.39, 0.29) is 42.0 Å². The molecular weight excluding hydrogens is 522 g/mol. The van der Waals surface area contributed by atoms with Gasteiger partial charge in [0.1, 0.15) is 18.2 Å². The van der Waals surface area contributed by atoms with Gasteiger partial charge >= 0.3 is 0 Å². The van der Waals surface area contributed by atoms with Crippen LogP contribution in [0.2, 0.25) is 0 Å². The summed E-state index contributed by atoms with van der Waals surface area (Å²) in [5.74, 6) is 1.34. The SMILES string of the molecule is CCNC(=NCc1cccc(-c2ncn[nH]2)c1)N1CC(C)OC(c2ccc(F)cc2)C1.I. The van der Waals surface area contributed by atoms with Gasteiger partial charge in [-0.05, 0) is 43.2 Å². The fourth-order valence-electron chi connectivity index (χ4n) is 3.74. The smallest absolute Gasteiger partial charge is 0.194 e. The van der Waals surface area contributed by atoms with Crippen molar-refractivity contribution in [3.63, 3.8) is 0 Å². The minimum Gasteiger partial charge on any atom is -0.367 e. The summed E-state index contributed by atoms with van der Waals surface area (Å²) in [6.45, 7) is 6.80. The van der Waals surface area contributed by atoms with E-state index in [0.717, 1.165) is 41.6 Å². The summed E-state index contributed by atoms with van der Waals surface area (Å²) >= 11 is 0. The summed E-state index contributed by atoms with van der Waals surface area (Å²) in [7, 11) is 0. The van der Waals surface area contributed by atoms with Crippen molar-refractivity contribution in [1.29, 1.82) is 0 Å². The maximum atomic E-state index is 13.3. The van der Waals surface area contributed by atoms with Crippen LogP contribution in [0, 0.1) is 5.82 Å². The highest BCUT2D eigenvalue weighted by Crippen LogP contribution is 2.25. The molecule has 1 fully saturated rings. The number of hydrogen-bond donors (Lipinski definition) is 2. The highest BCUT2D eigenvalue weighted by atomic mass is 127. The van der Waals surface area contributed by atoms with Crippen molar-refractivity contribution < 1.29 is 9.13 Å². The summed E-state index contributed by atoms with van der Waals surface area (Å²) in [5, 5.41) is 10.2. The molecule has 1 aromatic heterocycles. The van der Waals surface area contributed by atoms with E-state index in [4.69, 9.17) is 9.73 Å². The molecule has 32 heavy (non-hydrogen) atoms. The molecule has 2 unspecified atom stereocenters. The second-order valence-electron chi connectivity index (χ2n) is 7.60. The van der Waals surface area contributed by atoms with Crippen LogP contribution in [0.3, 0.4) is 0 Å². The fraction of sp³-hybridized carbons (Fsp3) is 0.348. The zero-order chi connectivity index (χ0) is 21.6. The molecule has 2 aromatic carbocycles. The van der Waals surface area contributed by atoms with Gasteiger partial charge in [0, 0.05) is 18.7 Å². The molecule has 0 amide bonds. The Bertz CT molecular complexity index is 1010. The highest BCUT2D eigenvalue weighted by molar-refractivity contribution is 14.0. The number of H-pyrrole nitrogens is 1. The van der Waals surface area contributed by atoms with Gasteiger partial charge in [0.05, 0.1) is 19.2 Å². The minimum atomic E-state index is -0.244. The Morgan fingerprint density at radius 3 is 2.78 bits per heavy atom. The molecule has 1 aliphatic heterocycles. The summed E-state index contributed by atoms with van der Waals surface area (Å²) in [6, 6.07) is 14.6. The van der Waals surface area contributed by atoms with Gasteiger partial charge in [-0.2, -0.15) is 5.10 Å². The summed E-state index contributed by atoms with van der Waals surface area (Å²) in [6.07, 6.45) is 1.39. The van der Waals surface area contributed by atoms with Crippen LogP contribution < -0.4 is 5.32 Å². The van der Waals surface area contributed by atoms with E-state index >= 15 is 0 Å². The van der Waals surface area contributed by atoms with Gasteiger partial charge < -0.3 is 15.0 Å². The fourth-order valence-corrected chi connectivity index (χ4v) is 3.74. The standard InChI is InChI=1S/C23H27FN6O.HI/c1-3-25-23(26-12-17-5-4-6-19(11-17)22-27-15-28-29-22)30-13-16(2)31-21(14-30)18-7-9-20(24)10-8-18;/h4-11,15-16,21H,3,12-14H2,1-2H3,(H,25,26)(H,27,28,29);1H. The maximum absolute atomic E-state index is 13.3. The lowest BCUT2D eigenvalue weighted by atomic mass is 10.1. The van der Waals surface area contributed by atoms with E-state index in [1.165, 1.54) is 18.5 Å². The zero-order valence-corrected chi connectivity index (χ0v) is 20.5. The number of rotatable bonds is 5. The van der Waals surface area contributed by atoms with Gasteiger partial charge in [-0.3, -0.25) is 5.10 Å². The Balaban J connectivity index is 0.00000289. The number of nitrogens with zero attached hydrogens (tertiary/aromatic N) is 4. The van der Waals surface area contributed by atoms with Crippen LogP contribution >= 0.6 is 24.0 Å². The number of morpholine rings is 1. The van der Waals surface area contributed by atoms with E-state index in [9.17, 15) is 4.39 Å². The lowest BCUT2D eigenvalue weighted by molar-refractivity contribution is -0.0605. The first-order chi connectivity index (χ1) is 15.1. The molecular formula is C23H28FIN6O. The van der Waals surface area contributed by atoms with Gasteiger partial charge in [-0.1, -0.05) is 30.3 Å². The Kier molecular flexibility index (Phi) is 8.57. The summed E-state index contributed by atoms with van der Waals surface area (Å²) in [4.78, 5) is 11.3. The normalized spacial score (nSPS) is 18.8. The lowest BCUT2D eigenvalue weighted by Crippen LogP contribution is -2.50. The second kappa shape index (κ2) is 11.4. The van der Waals surface area contributed by atoms with E-state index < -0.39 is 0 Å². The molecule has 2 heterocycles. The van der Waals surface area contributed by atoms with Crippen molar-refractivity contribution in [2.75, 3.05) is 19.6 Å². The van der Waals surface area contributed by atoms with Gasteiger partial charge in [0.2, 0.25) is 0 Å². The van der Waals surface area contributed by atoms with Crippen LogP contribution in [0.5, 0.6) is 0 Å². The van der Waals surface area contributed by atoms with E-state index in [1.54, 1.807) is 12.1 Å². The first kappa shape index (κ1) is 24.1. The molecule has 1 aliphatic rings. The van der Waals surface area contributed by atoms with E-state index in [2.05, 4.69) is 44.5 Å². The Morgan fingerprint density at radius 2 is 2.06 bits per heavy atom. The molecule has 1 saturated heterocycles. The predicted octanol–water partition coefficient (Wildman–Crippen LogP) is 4.16. The molecule has 4 rings (SSSR count). The number of aliphatic imine (C=N–C) groups is 1. The first-order valence-electron chi connectivity index (χ1n) is 10.5. The van der Waals surface area contributed by atoms with Crippen LogP contribution in [-0.2, 0) is 11.3 Å². The Labute approximate surface area is 204 Å². The van der Waals surface area contributed by atoms with Gasteiger partial charge in [0.15, 0.2) is 11.8 Å². The Hall–Kier alpha value is -2.53. The summed E-state index contributed by atoms with van der Waals surface area (Å²) in [5.41, 5.74) is 3.03. The van der Waals surface area contributed by atoms with Gasteiger partial charge in [-0.15, -0.1) is 24.0 Å². The number of halogens is 2. The van der Waals surface area contributed by atoms with Crippen LogP contribution in [-0.4, -0.2) is 51.8 Å². The van der Waals surface area contributed by atoms with Gasteiger partial charge in [0.25, 0.3) is 0 Å². The number of ether oxygens (including phenoxy) is 1. The van der Waals surface area contributed by atoms with Crippen molar-refractivity contribution in [2.45, 2.75) is 32.6 Å². The number of guanidine groups is 1. The molecule has 0 radical (unpaired) electrons. The zero-order valence-electron chi connectivity index (χ0n) is 18.2. The highest BCUT2D eigenvalue weighted by Gasteiger charge is 2.28. The molecule has 0 aliphatic carbocycles. The van der Waals surface area contributed by atoms with Crippen molar-refractivity contribution in [3.8, 4) is 11.4 Å². The second-order valence-corrected chi connectivity index (χ2v) is 7.60. The molecule has 7 nitrogen and oxygen atoms in total. The molecule has 2 atom stereocenters. The van der Waals surface area contributed by atoms with Crippen LogP contribution in [0.25, 0.3) is 11.4 Å². The maximum Gasteiger partial charge on any atom is 0.194 e. The minimum absolute atomic E-state index is 0. The number of nitrogens with one attached hydrogen (secondary N) is 2. The quantitative estimate of drug-likeness (QED) is 0.284. The number of hydrogen-bond acceptors (Lipinski definition) is 4. The monoisotopic (exact) mass is 550 g/mol. The molecule has 170 valence electrons. The van der Waals surface area contributed by atoms with Crippen LogP contribution in [0.15, 0.2) is 59.9 Å². The largest absolute Gasteiger partial charge is 0.367 e. The molecule has 0 bridgehead atoms.